The summed E-state index contributed by atoms with van der Waals surface area (Å²) in [6.45, 7) is 5.30. The van der Waals surface area contributed by atoms with E-state index in [1.165, 1.54) is 13.2 Å². The van der Waals surface area contributed by atoms with Crippen LogP contribution in [0.1, 0.15) is 44.0 Å². The van der Waals surface area contributed by atoms with Crippen molar-refractivity contribution in [1.82, 2.24) is 5.32 Å². The van der Waals surface area contributed by atoms with E-state index in [0.29, 0.717) is 12.8 Å². The first-order chi connectivity index (χ1) is 12.3. The van der Waals surface area contributed by atoms with Crippen LogP contribution in [-0.2, 0) is 4.79 Å². The number of hydrogen-bond acceptors (Lipinski definition) is 6. The second kappa shape index (κ2) is 9.02. The highest BCUT2D eigenvalue weighted by Gasteiger charge is 2.36. The SMILES string of the molecule is CCOc1cc(C(=O)NCC(CC)(CC)C(=O)O)c([N+](=O)[O-])cc1OC. The lowest BCUT2D eigenvalue weighted by atomic mass is 9.82. The molecule has 0 aromatic heterocycles. The van der Waals surface area contributed by atoms with Crippen LogP contribution in [0.3, 0.4) is 0 Å². The number of carboxylic acid groups (broad SMARTS) is 1. The van der Waals surface area contributed by atoms with Gasteiger partial charge in [0.15, 0.2) is 11.5 Å². The maximum Gasteiger partial charge on any atom is 0.311 e. The Morgan fingerprint density at radius 3 is 2.27 bits per heavy atom. The van der Waals surface area contributed by atoms with Gasteiger partial charge in [-0.05, 0) is 19.8 Å². The summed E-state index contributed by atoms with van der Waals surface area (Å²) in [5.74, 6) is -1.44. The van der Waals surface area contributed by atoms with Gasteiger partial charge >= 0.3 is 5.97 Å². The third-order valence-electron chi connectivity index (χ3n) is 4.42. The lowest BCUT2D eigenvalue weighted by Crippen LogP contribution is -2.42. The van der Waals surface area contributed by atoms with Crippen LogP contribution in [0.4, 0.5) is 5.69 Å². The maximum atomic E-state index is 12.5. The number of hydrogen-bond donors (Lipinski definition) is 2. The van der Waals surface area contributed by atoms with Gasteiger partial charge < -0.3 is 19.9 Å². The Morgan fingerprint density at radius 1 is 1.23 bits per heavy atom. The lowest BCUT2D eigenvalue weighted by Gasteiger charge is -2.26. The Bertz CT molecular complexity index is 684. The zero-order valence-corrected chi connectivity index (χ0v) is 15.3. The van der Waals surface area contributed by atoms with Crippen LogP contribution in [0.15, 0.2) is 12.1 Å². The monoisotopic (exact) mass is 368 g/mol. The zero-order chi connectivity index (χ0) is 19.9. The van der Waals surface area contributed by atoms with E-state index < -0.39 is 27.9 Å². The molecule has 0 heterocycles. The number of nitro groups is 1. The summed E-state index contributed by atoms with van der Waals surface area (Å²) in [6, 6.07) is 2.35. The third-order valence-corrected chi connectivity index (χ3v) is 4.42. The average molecular weight is 368 g/mol. The van der Waals surface area contributed by atoms with Crippen molar-refractivity contribution in [2.45, 2.75) is 33.6 Å². The van der Waals surface area contributed by atoms with Crippen molar-refractivity contribution in [1.29, 1.82) is 0 Å². The van der Waals surface area contributed by atoms with Gasteiger partial charge in [0.1, 0.15) is 5.56 Å². The summed E-state index contributed by atoms with van der Waals surface area (Å²) in [5, 5.41) is 23.3. The second-order valence-electron chi connectivity index (χ2n) is 5.69. The van der Waals surface area contributed by atoms with E-state index in [9.17, 15) is 24.8 Å². The summed E-state index contributed by atoms with van der Waals surface area (Å²) in [7, 11) is 1.34. The highest BCUT2D eigenvalue weighted by molar-refractivity contribution is 5.99. The fourth-order valence-corrected chi connectivity index (χ4v) is 2.53. The Hall–Kier alpha value is -2.84. The second-order valence-corrected chi connectivity index (χ2v) is 5.69. The van der Waals surface area contributed by atoms with E-state index in [0.717, 1.165) is 6.07 Å². The third kappa shape index (κ3) is 4.41. The largest absolute Gasteiger partial charge is 0.493 e. The number of nitrogens with zero attached hydrogens (tertiary/aromatic N) is 1. The van der Waals surface area contributed by atoms with Gasteiger partial charge in [-0.2, -0.15) is 0 Å². The lowest BCUT2D eigenvalue weighted by molar-refractivity contribution is -0.385. The molecule has 1 aromatic rings. The highest BCUT2D eigenvalue weighted by atomic mass is 16.6. The van der Waals surface area contributed by atoms with Gasteiger partial charge in [0.05, 0.1) is 30.1 Å². The molecule has 0 bridgehead atoms. The number of ether oxygens (including phenoxy) is 2. The Labute approximate surface area is 151 Å². The van der Waals surface area contributed by atoms with Crippen LogP contribution >= 0.6 is 0 Å². The molecular formula is C17H24N2O7. The predicted octanol–water partition coefficient (Wildman–Crippen LogP) is 2.62. The van der Waals surface area contributed by atoms with Crippen LogP contribution < -0.4 is 14.8 Å². The molecule has 0 saturated heterocycles. The number of nitrogens with one attached hydrogen (secondary N) is 1. The summed E-state index contributed by atoms with van der Waals surface area (Å²) in [4.78, 5) is 34.7. The van der Waals surface area contributed by atoms with Gasteiger partial charge in [-0.25, -0.2) is 0 Å². The van der Waals surface area contributed by atoms with E-state index in [2.05, 4.69) is 5.32 Å². The molecule has 9 heteroatoms. The fourth-order valence-electron chi connectivity index (χ4n) is 2.53. The number of methoxy groups -OCH3 is 1. The minimum Gasteiger partial charge on any atom is -0.493 e. The van der Waals surface area contributed by atoms with Gasteiger partial charge in [0.2, 0.25) is 0 Å². The molecule has 0 aliphatic rings. The molecule has 1 rings (SSSR count). The highest BCUT2D eigenvalue weighted by Crippen LogP contribution is 2.35. The molecule has 0 unspecified atom stereocenters. The maximum absolute atomic E-state index is 12.5. The van der Waals surface area contributed by atoms with Crippen molar-refractivity contribution in [3.63, 3.8) is 0 Å². The Balaban J connectivity index is 3.23. The number of carboxylic acids is 1. The first kappa shape index (κ1) is 21.2. The molecular weight excluding hydrogens is 344 g/mol. The molecule has 0 atom stereocenters. The van der Waals surface area contributed by atoms with E-state index in [-0.39, 0.29) is 30.2 Å². The molecule has 0 saturated carbocycles. The molecule has 1 aromatic carbocycles. The fraction of sp³-hybridized carbons (Fsp3) is 0.529. The summed E-state index contributed by atoms with van der Waals surface area (Å²) >= 11 is 0. The van der Waals surface area contributed by atoms with Gasteiger partial charge in [-0.3, -0.25) is 19.7 Å². The van der Waals surface area contributed by atoms with E-state index >= 15 is 0 Å². The molecule has 2 N–H and O–H groups in total. The number of carbonyl (C=O) groups is 2. The molecule has 0 fully saturated rings. The molecule has 144 valence electrons. The zero-order valence-electron chi connectivity index (χ0n) is 15.3. The van der Waals surface area contributed by atoms with Crippen molar-refractivity contribution >= 4 is 17.6 Å². The van der Waals surface area contributed by atoms with Crippen LogP contribution in [0.5, 0.6) is 11.5 Å². The first-order valence-corrected chi connectivity index (χ1v) is 8.27. The van der Waals surface area contributed by atoms with Gasteiger partial charge in [0.25, 0.3) is 11.6 Å². The number of rotatable bonds is 10. The molecule has 0 aliphatic carbocycles. The van der Waals surface area contributed by atoms with E-state index in [1.807, 2.05) is 0 Å². The smallest absolute Gasteiger partial charge is 0.311 e. The van der Waals surface area contributed by atoms with Gasteiger partial charge in [-0.15, -0.1) is 0 Å². The number of carbonyl (C=O) groups excluding carboxylic acids is 1. The van der Waals surface area contributed by atoms with Crippen LogP contribution in [0, 0.1) is 15.5 Å². The molecule has 0 aliphatic heterocycles. The van der Waals surface area contributed by atoms with Crippen LogP contribution in [-0.4, -0.2) is 42.2 Å². The quantitative estimate of drug-likeness (QED) is 0.480. The summed E-state index contributed by atoms with van der Waals surface area (Å²) < 4.78 is 10.4. The van der Waals surface area contributed by atoms with Crippen molar-refractivity contribution in [3.05, 3.63) is 27.8 Å². The molecule has 0 radical (unpaired) electrons. The summed E-state index contributed by atoms with van der Waals surface area (Å²) in [5.41, 5.74) is -1.79. The topological polar surface area (TPSA) is 128 Å². The van der Waals surface area contributed by atoms with Crippen molar-refractivity contribution in [3.8, 4) is 11.5 Å². The van der Waals surface area contributed by atoms with Crippen LogP contribution in [0.25, 0.3) is 0 Å². The van der Waals surface area contributed by atoms with Crippen molar-refractivity contribution < 1.29 is 29.1 Å². The standard InChI is InChI=1S/C17H24N2O7/c1-5-17(6-2,16(21)22)10-18-15(20)11-8-14(26-7-3)13(25-4)9-12(11)19(23)24/h8-9H,5-7,10H2,1-4H3,(H,18,20)(H,21,22). The van der Waals surface area contributed by atoms with Crippen molar-refractivity contribution in [2.24, 2.45) is 5.41 Å². The Morgan fingerprint density at radius 2 is 1.85 bits per heavy atom. The number of amides is 1. The average Bonchev–Trinajstić information content (AvgIpc) is 2.62. The van der Waals surface area contributed by atoms with E-state index in [1.54, 1.807) is 20.8 Å². The normalized spacial score (nSPS) is 10.9. The molecule has 1 amide bonds. The molecule has 0 spiro atoms. The van der Waals surface area contributed by atoms with Gasteiger partial charge in [0, 0.05) is 12.6 Å². The minimum absolute atomic E-state index is 0.136. The van der Waals surface area contributed by atoms with Crippen molar-refractivity contribution in [2.75, 3.05) is 20.3 Å². The van der Waals surface area contributed by atoms with E-state index in [4.69, 9.17) is 9.47 Å². The first-order valence-electron chi connectivity index (χ1n) is 8.27. The minimum atomic E-state index is -1.13. The molecule has 26 heavy (non-hydrogen) atoms. The Kier molecular flexibility index (Phi) is 7.36. The number of aliphatic carboxylic acids is 1. The molecule has 9 nitrogen and oxygen atoms in total. The summed E-state index contributed by atoms with van der Waals surface area (Å²) in [6.07, 6.45) is 0.627. The predicted molar refractivity (Wildman–Crippen MR) is 93.8 cm³/mol. The number of nitro benzene ring substituents is 1. The van der Waals surface area contributed by atoms with Gasteiger partial charge in [-0.1, -0.05) is 13.8 Å². The number of benzene rings is 1. The van der Waals surface area contributed by atoms with Crippen LogP contribution in [0.2, 0.25) is 0 Å².